The molecule has 0 radical (unpaired) electrons. The second-order valence-corrected chi connectivity index (χ2v) is 9.27. The second-order valence-electron chi connectivity index (χ2n) is 9.00. The highest BCUT2D eigenvalue weighted by atomic mass is 35.5. The monoisotopic (exact) mass is 483 g/mol. The summed E-state index contributed by atoms with van der Waals surface area (Å²) in [6.45, 7) is 7.83. The third kappa shape index (κ3) is 5.97. The van der Waals surface area contributed by atoms with Crippen LogP contribution in [0.15, 0.2) is 54.7 Å². The van der Waals surface area contributed by atoms with Crippen molar-refractivity contribution in [3.63, 3.8) is 0 Å². The number of H-pyrrole nitrogens is 1. The summed E-state index contributed by atoms with van der Waals surface area (Å²) in [6.07, 6.45) is 1.76. The molecule has 0 fully saturated rings. The lowest BCUT2D eigenvalue weighted by Gasteiger charge is -2.33. The fourth-order valence-electron chi connectivity index (χ4n) is 3.77. The van der Waals surface area contributed by atoms with Gasteiger partial charge in [0.1, 0.15) is 11.9 Å². The van der Waals surface area contributed by atoms with Crippen LogP contribution < -0.4 is 5.32 Å². The number of amides is 2. The molecule has 3 aromatic rings. The van der Waals surface area contributed by atoms with Crippen LogP contribution in [0.3, 0.4) is 0 Å². The van der Waals surface area contributed by atoms with E-state index in [-0.39, 0.29) is 30.8 Å². The van der Waals surface area contributed by atoms with Crippen molar-refractivity contribution in [3.8, 4) is 0 Å². The molecule has 1 heterocycles. The van der Waals surface area contributed by atoms with Gasteiger partial charge < -0.3 is 19.9 Å². The number of hydrogen-bond donors (Lipinski definition) is 2. The molecule has 2 aromatic carbocycles. The van der Waals surface area contributed by atoms with Crippen LogP contribution in [0.1, 0.15) is 55.2 Å². The van der Waals surface area contributed by atoms with Crippen molar-refractivity contribution in [3.05, 3.63) is 71.4 Å². The molecule has 0 aliphatic heterocycles. The normalized spacial score (nSPS) is 12.3. The quantitative estimate of drug-likeness (QED) is 0.362. The van der Waals surface area contributed by atoms with Crippen molar-refractivity contribution in [2.75, 3.05) is 12.5 Å². The SMILES string of the molecule is CCOC(=O)c1ccc(CN(C(=O)CCl)C(C(=O)NC(C)(C)C)c2c[nH]c3ccccc23)cc1. The number of nitrogens with one attached hydrogen (secondary N) is 2. The number of carbonyl (C=O) groups is 3. The Hall–Kier alpha value is -3.32. The molecule has 7 nitrogen and oxygen atoms in total. The summed E-state index contributed by atoms with van der Waals surface area (Å²) in [7, 11) is 0. The molecule has 0 saturated heterocycles. The van der Waals surface area contributed by atoms with Gasteiger partial charge in [0.25, 0.3) is 0 Å². The van der Waals surface area contributed by atoms with E-state index in [4.69, 9.17) is 16.3 Å². The highest BCUT2D eigenvalue weighted by molar-refractivity contribution is 6.27. The van der Waals surface area contributed by atoms with Gasteiger partial charge in [-0.15, -0.1) is 11.6 Å². The maximum atomic E-state index is 13.5. The van der Waals surface area contributed by atoms with E-state index in [1.165, 1.54) is 4.90 Å². The predicted octanol–water partition coefficient (Wildman–Crippen LogP) is 4.57. The van der Waals surface area contributed by atoms with Crippen LogP contribution in [0.4, 0.5) is 0 Å². The average molecular weight is 484 g/mol. The minimum absolute atomic E-state index is 0.135. The maximum absolute atomic E-state index is 13.5. The van der Waals surface area contributed by atoms with Gasteiger partial charge in [0.15, 0.2) is 0 Å². The Morgan fingerprint density at radius 1 is 1.09 bits per heavy atom. The first-order valence-electron chi connectivity index (χ1n) is 11.1. The number of halogens is 1. The Labute approximate surface area is 204 Å². The molecule has 1 aromatic heterocycles. The molecule has 0 bridgehead atoms. The summed E-state index contributed by atoms with van der Waals surface area (Å²) >= 11 is 5.98. The van der Waals surface area contributed by atoms with E-state index >= 15 is 0 Å². The first-order chi connectivity index (χ1) is 16.1. The van der Waals surface area contributed by atoms with Gasteiger partial charge in [-0.25, -0.2) is 4.79 Å². The molecule has 2 amide bonds. The van der Waals surface area contributed by atoms with E-state index in [9.17, 15) is 14.4 Å². The van der Waals surface area contributed by atoms with E-state index in [2.05, 4.69) is 10.3 Å². The van der Waals surface area contributed by atoms with Crippen LogP contribution in [0.5, 0.6) is 0 Å². The lowest BCUT2D eigenvalue weighted by molar-refractivity contribution is -0.140. The minimum Gasteiger partial charge on any atom is -0.462 e. The third-order valence-corrected chi connectivity index (χ3v) is 5.46. The topological polar surface area (TPSA) is 91.5 Å². The zero-order valence-electron chi connectivity index (χ0n) is 19.9. The van der Waals surface area contributed by atoms with E-state index in [1.807, 2.05) is 45.0 Å². The van der Waals surface area contributed by atoms with Crippen molar-refractivity contribution in [2.24, 2.45) is 0 Å². The zero-order valence-corrected chi connectivity index (χ0v) is 20.6. The van der Waals surface area contributed by atoms with Crippen LogP contribution in [-0.2, 0) is 20.9 Å². The number of benzene rings is 2. The zero-order chi connectivity index (χ0) is 24.9. The van der Waals surface area contributed by atoms with Gasteiger partial charge in [-0.05, 0) is 51.5 Å². The summed E-state index contributed by atoms with van der Waals surface area (Å²) in [4.78, 5) is 43.2. The first-order valence-corrected chi connectivity index (χ1v) is 11.7. The van der Waals surface area contributed by atoms with Gasteiger partial charge in [-0.1, -0.05) is 30.3 Å². The van der Waals surface area contributed by atoms with E-state index in [1.54, 1.807) is 37.4 Å². The van der Waals surface area contributed by atoms with E-state index in [0.29, 0.717) is 11.1 Å². The molecular weight excluding hydrogens is 454 g/mol. The van der Waals surface area contributed by atoms with Gasteiger partial charge in [0.2, 0.25) is 11.8 Å². The summed E-state index contributed by atoms with van der Waals surface area (Å²) in [5, 5.41) is 3.85. The Balaban J connectivity index is 2.03. The molecule has 0 aliphatic carbocycles. The Bertz CT molecular complexity index is 1160. The number of carbonyl (C=O) groups excluding carboxylic acids is 3. The van der Waals surface area contributed by atoms with Crippen molar-refractivity contribution >= 4 is 40.3 Å². The number of esters is 1. The summed E-state index contributed by atoms with van der Waals surface area (Å²) in [5.41, 5.74) is 2.21. The number of hydrogen-bond acceptors (Lipinski definition) is 4. The van der Waals surface area contributed by atoms with Crippen LogP contribution in [-0.4, -0.2) is 45.7 Å². The smallest absolute Gasteiger partial charge is 0.338 e. The summed E-state index contributed by atoms with van der Waals surface area (Å²) in [6, 6.07) is 13.5. The number of fused-ring (bicyclic) bond motifs is 1. The molecule has 1 unspecified atom stereocenters. The van der Waals surface area contributed by atoms with Crippen LogP contribution in [0.25, 0.3) is 10.9 Å². The minimum atomic E-state index is -0.911. The molecule has 0 aliphatic rings. The lowest BCUT2D eigenvalue weighted by atomic mass is 10.00. The molecule has 180 valence electrons. The van der Waals surface area contributed by atoms with Gasteiger partial charge in [0, 0.05) is 34.7 Å². The van der Waals surface area contributed by atoms with Gasteiger partial charge in [-0.2, -0.15) is 0 Å². The molecule has 0 saturated carbocycles. The van der Waals surface area contributed by atoms with Crippen molar-refractivity contribution in [1.29, 1.82) is 0 Å². The third-order valence-electron chi connectivity index (χ3n) is 5.23. The number of para-hydroxylation sites is 1. The highest BCUT2D eigenvalue weighted by Gasteiger charge is 2.34. The number of aromatic amines is 1. The number of aromatic nitrogens is 1. The standard InChI is InChI=1S/C26H30ClN3O4/c1-5-34-25(33)18-12-10-17(11-13-18)16-30(22(31)14-27)23(24(32)29-26(2,3)4)20-15-28-21-9-7-6-8-19(20)21/h6-13,15,23,28H,5,14,16H2,1-4H3,(H,29,32). The molecule has 0 spiro atoms. The summed E-state index contributed by atoms with van der Waals surface area (Å²) in [5.74, 6) is -1.37. The largest absolute Gasteiger partial charge is 0.462 e. The summed E-state index contributed by atoms with van der Waals surface area (Å²) < 4.78 is 5.03. The van der Waals surface area contributed by atoms with Gasteiger partial charge in [-0.3, -0.25) is 9.59 Å². The Morgan fingerprint density at radius 2 is 1.76 bits per heavy atom. The molecule has 34 heavy (non-hydrogen) atoms. The van der Waals surface area contributed by atoms with Gasteiger partial charge >= 0.3 is 5.97 Å². The number of ether oxygens (including phenoxy) is 1. The molecule has 8 heteroatoms. The highest BCUT2D eigenvalue weighted by Crippen LogP contribution is 2.31. The van der Waals surface area contributed by atoms with E-state index < -0.39 is 17.6 Å². The van der Waals surface area contributed by atoms with E-state index in [0.717, 1.165) is 16.5 Å². The van der Waals surface area contributed by atoms with Gasteiger partial charge in [0.05, 0.1) is 12.2 Å². The lowest BCUT2D eigenvalue weighted by Crippen LogP contribution is -2.49. The molecular formula is C26H30ClN3O4. The molecule has 1 atom stereocenters. The maximum Gasteiger partial charge on any atom is 0.338 e. The predicted molar refractivity (Wildman–Crippen MR) is 133 cm³/mol. The first kappa shape index (κ1) is 25.3. The number of rotatable bonds is 8. The average Bonchev–Trinajstić information content (AvgIpc) is 3.21. The number of alkyl halides is 1. The van der Waals surface area contributed by atoms with Crippen molar-refractivity contribution < 1.29 is 19.1 Å². The fraction of sp³-hybridized carbons (Fsp3) is 0.346. The Kier molecular flexibility index (Phi) is 7.99. The van der Waals surface area contributed by atoms with Crippen molar-refractivity contribution in [1.82, 2.24) is 15.2 Å². The Morgan fingerprint density at radius 3 is 2.38 bits per heavy atom. The van der Waals surface area contributed by atoms with Crippen molar-refractivity contribution in [2.45, 2.75) is 45.8 Å². The second kappa shape index (κ2) is 10.7. The van der Waals surface area contributed by atoms with Crippen LogP contribution in [0.2, 0.25) is 0 Å². The molecule has 2 N–H and O–H groups in total. The van der Waals surface area contributed by atoms with Crippen LogP contribution >= 0.6 is 11.6 Å². The number of nitrogens with zero attached hydrogens (tertiary/aromatic N) is 1. The molecule has 3 rings (SSSR count). The fourth-order valence-corrected chi connectivity index (χ4v) is 3.92. The van der Waals surface area contributed by atoms with Crippen LogP contribution in [0, 0.1) is 0 Å².